The van der Waals surface area contributed by atoms with E-state index in [-0.39, 0.29) is 17.5 Å². The second-order valence-corrected chi connectivity index (χ2v) is 3.88. The molecule has 6 nitrogen and oxygen atoms in total. The topological polar surface area (TPSA) is 68.5 Å². The Hall–Kier alpha value is -1.76. The first-order valence-corrected chi connectivity index (χ1v) is 5.24. The van der Waals surface area contributed by atoms with E-state index in [2.05, 4.69) is 4.98 Å². The summed E-state index contributed by atoms with van der Waals surface area (Å²) in [7, 11) is 0. The number of hydrogen-bond acceptors (Lipinski definition) is 5. The van der Waals surface area contributed by atoms with Gasteiger partial charge in [-0.3, -0.25) is 10.1 Å². The Kier molecular flexibility index (Phi) is 3.19. The van der Waals surface area contributed by atoms with Crippen LogP contribution < -0.4 is 4.90 Å². The number of nitrogens with zero attached hydrogens (tertiary/aromatic N) is 3. The van der Waals surface area contributed by atoms with Gasteiger partial charge in [0.25, 0.3) is 0 Å². The molecule has 1 aliphatic heterocycles. The zero-order chi connectivity index (χ0) is 12.4. The van der Waals surface area contributed by atoms with E-state index in [0.717, 1.165) is 12.3 Å². The van der Waals surface area contributed by atoms with E-state index >= 15 is 0 Å². The van der Waals surface area contributed by atoms with Crippen LogP contribution in [0.15, 0.2) is 12.3 Å². The van der Waals surface area contributed by atoms with E-state index in [0.29, 0.717) is 19.7 Å². The van der Waals surface area contributed by atoms with Gasteiger partial charge < -0.3 is 9.64 Å². The Balaban J connectivity index is 2.35. The molecule has 0 N–H and O–H groups in total. The van der Waals surface area contributed by atoms with Gasteiger partial charge in [-0.25, -0.2) is 4.98 Å². The Bertz CT molecular complexity index is 441. The standard InChI is InChI=1S/C10H12FN3O3/c1-7-6-13(2-3-17-7)8-4-10(11)12-5-9(8)14(15)16/h4-5,7H,2-3,6H2,1H3. The number of rotatable bonds is 2. The lowest BCUT2D eigenvalue weighted by Crippen LogP contribution is -2.41. The molecule has 0 aliphatic carbocycles. The highest BCUT2D eigenvalue weighted by molar-refractivity contribution is 5.62. The number of anilines is 1. The molecular formula is C10H12FN3O3. The summed E-state index contributed by atoms with van der Waals surface area (Å²) in [4.78, 5) is 15.3. The SMILES string of the molecule is CC1CN(c2cc(F)ncc2[N+](=O)[O-])CCO1. The van der Waals surface area contributed by atoms with Crippen molar-refractivity contribution in [2.45, 2.75) is 13.0 Å². The molecule has 1 saturated heterocycles. The van der Waals surface area contributed by atoms with Crippen molar-refractivity contribution < 1.29 is 14.1 Å². The van der Waals surface area contributed by atoms with E-state index in [4.69, 9.17) is 4.74 Å². The predicted molar refractivity (Wildman–Crippen MR) is 58.5 cm³/mol. The highest BCUT2D eigenvalue weighted by atomic mass is 19.1. The number of hydrogen-bond donors (Lipinski definition) is 0. The summed E-state index contributed by atoms with van der Waals surface area (Å²) in [6, 6.07) is 1.09. The first-order valence-electron chi connectivity index (χ1n) is 5.24. The van der Waals surface area contributed by atoms with Crippen molar-refractivity contribution in [3.63, 3.8) is 0 Å². The molecule has 1 aliphatic rings. The Labute approximate surface area is 97.2 Å². The lowest BCUT2D eigenvalue weighted by Gasteiger charge is -2.32. The molecule has 0 aromatic carbocycles. The van der Waals surface area contributed by atoms with Gasteiger partial charge in [0.1, 0.15) is 11.9 Å². The van der Waals surface area contributed by atoms with E-state index in [1.54, 1.807) is 4.90 Å². The highest BCUT2D eigenvalue weighted by Crippen LogP contribution is 2.28. The summed E-state index contributed by atoms with van der Waals surface area (Å²) in [5, 5.41) is 10.8. The zero-order valence-corrected chi connectivity index (χ0v) is 9.30. The van der Waals surface area contributed by atoms with Crippen LogP contribution in [0.4, 0.5) is 15.8 Å². The van der Waals surface area contributed by atoms with Crippen LogP contribution in [0.25, 0.3) is 0 Å². The average molecular weight is 241 g/mol. The molecule has 1 aromatic heterocycles. The van der Waals surface area contributed by atoms with E-state index in [1.165, 1.54) is 0 Å². The van der Waals surface area contributed by atoms with E-state index in [9.17, 15) is 14.5 Å². The fraction of sp³-hybridized carbons (Fsp3) is 0.500. The summed E-state index contributed by atoms with van der Waals surface area (Å²) in [6.45, 7) is 3.36. The van der Waals surface area contributed by atoms with Crippen molar-refractivity contribution in [3.05, 3.63) is 28.3 Å². The van der Waals surface area contributed by atoms with Crippen LogP contribution in [-0.4, -0.2) is 35.7 Å². The van der Waals surface area contributed by atoms with Gasteiger partial charge in [0.15, 0.2) is 0 Å². The molecule has 1 aromatic rings. The number of ether oxygens (including phenoxy) is 1. The molecule has 92 valence electrons. The van der Waals surface area contributed by atoms with Gasteiger partial charge in [0.05, 0.1) is 17.6 Å². The molecule has 0 radical (unpaired) electrons. The minimum Gasteiger partial charge on any atom is -0.375 e. The Morgan fingerprint density at radius 2 is 2.47 bits per heavy atom. The molecule has 1 unspecified atom stereocenters. The van der Waals surface area contributed by atoms with Crippen LogP contribution in [-0.2, 0) is 4.74 Å². The molecular weight excluding hydrogens is 229 g/mol. The van der Waals surface area contributed by atoms with Gasteiger partial charge in [-0.1, -0.05) is 0 Å². The summed E-state index contributed by atoms with van der Waals surface area (Å²) in [6.07, 6.45) is 0.921. The minimum atomic E-state index is -0.718. The Morgan fingerprint density at radius 3 is 3.12 bits per heavy atom. The molecule has 0 bridgehead atoms. The third-order valence-corrected chi connectivity index (χ3v) is 2.61. The number of nitro groups is 1. The van der Waals surface area contributed by atoms with Crippen molar-refractivity contribution in [2.24, 2.45) is 0 Å². The fourth-order valence-corrected chi connectivity index (χ4v) is 1.84. The lowest BCUT2D eigenvalue weighted by atomic mass is 10.2. The van der Waals surface area contributed by atoms with Crippen molar-refractivity contribution in [1.29, 1.82) is 0 Å². The molecule has 0 amide bonds. The number of halogens is 1. The quantitative estimate of drug-likeness (QED) is 0.444. The number of aromatic nitrogens is 1. The maximum Gasteiger partial charge on any atom is 0.310 e. The van der Waals surface area contributed by atoms with Crippen molar-refractivity contribution in [1.82, 2.24) is 4.98 Å². The average Bonchev–Trinajstić information content (AvgIpc) is 2.28. The molecule has 0 spiro atoms. The van der Waals surface area contributed by atoms with Crippen molar-refractivity contribution in [3.8, 4) is 0 Å². The maximum absolute atomic E-state index is 13.1. The molecule has 2 rings (SSSR count). The molecule has 1 atom stereocenters. The third kappa shape index (κ3) is 2.50. The summed E-state index contributed by atoms with van der Waals surface area (Å²) >= 11 is 0. The largest absolute Gasteiger partial charge is 0.375 e. The normalized spacial score (nSPS) is 20.4. The summed E-state index contributed by atoms with van der Waals surface area (Å²) in [5.74, 6) is -0.718. The molecule has 7 heteroatoms. The van der Waals surface area contributed by atoms with Crippen molar-refractivity contribution in [2.75, 3.05) is 24.6 Å². The summed E-state index contributed by atoms with van der Waals surface area (Å²) in [5.41, 5.74) is 0.0816. The van der Waals surface area contributed by atoms with Crippen LogP contribution in [0, 0.1) is 16.1 Å². The Morgan fingerprint density at radius 1 is 1.71 bits per heavy atom. The smallest absolute Gasteiger partial charge is 0.310 e. The fourth-order valence-electron chi connectivity index (χ4n) is 1.84. The van der Waals surface area contributed by atoms with Gasteiger partial charge in [0.2, 0.25) is 5.95 Å². The maximum atomic E-state index is 13.1. The van der Waals surface area contributed by atoms with Gasteiger partial charge in [0, 0.05) is 19.2 Å². The number of morpholine rings is 1. The van der Waals surface area contributed by atoms with Gasteiger partial charge in [-0.05, 0) is 6.92 Å². The van der Waals surface area contributed by atoms with Gasteiger partial charge in [-0.15, -0.1) is 0 Å². The monoisotopic (exact) mass is 241 g/mol. The molecule has 1 fully saturated rings. The van der Waals surface area contributed by atoms with Crippen LogP contribution in [0.2, 0.25) is 0 Å². The van der Waals surface area contributed by atoms with Gasteiger partial charge in [-0.2, -0.15) is 4.39 Å². The van der Waals surface area contributed by atoms with Gasteiger partial charge >= 0.3 is 5.69 Å². The van der Waals surface area contributed by atoms with Crippen LogP contribution >= 0.6 is 0 Å². The predicted octanol–water partition coefficient (Wildman–Crippen LogP) is 1.35. The van der Waals surface area contributed by atoms with Crippen molar-refractivity contribution >= 4 is 11.4 Å². The minimum absolute atomic E-state index is 0.0282. The zero-order valence-electron chi connectivity index (χ0n) is 9.30. The van der Waals surface area contributed by atoms with Crippen LogP contribution in [0.3, 0.4) is 0 Å². The first-order chi connectivity index (χ1) is 8.08. The number of pyridine rings is 1. The second kappa shape index (κ2) is 4.62. The van der Waals surface area contributed by atoms with Crippen LogP contribution in [0.5, 0.6) is 0 Å². The molecule has 2 heterocycles. The van der Waals surface area contributed by atoms with E-state index < -0.39 is 10.9 Å². The summed E-state index contributed by atoms with van der Waals surface area (Å²) < 4.78 is 18.4. The first kappa shape index (κ1) is 11.7. The molecule has 0 saturated carbocycles. The highest BCUT2D eigenvalue weighted by Gasteiger charge is 2.25. The van der Waals surface area contributed by atoms with Crippen LogP contribution in [0.1, 0.15) is 6.92 Å². The van der Waals surface area contributed by atoms with E-state index in [1.807, 2.05) is 6.92 Å². The second-order valence-electron chi connectivity index (χ2n) is 3.88. The molecule has 17 heavy (non-hydrogen) atoms. The lowest BCUT2D eigenvalue weighted by molar-refractivity contribution is -0.384. The third-order valence-electron chi connectivity index (χ3n) is 2.61.